The number of halogens is 1. The minimum atomic E-state index is -0.594. The van der Waals surface area contributed by atoms with Crippen LogP contribution in [0.5, 0.6) is 23.0 Å². The van der Waals surface area contributed by atoms with E-state index in [2.05, 4.69) is 10.5 Å². The number of hydrogen-bond donors (Lipinski definition) is 2. The molecule has 0 fully saturated rings. The van der Waals surface area contributed by atoms with Crippen LogP contribution in [0.4, 0.5) is 0 Å². The highest BCUT2D eigenvalue weighted by atomic mass is 35.5. The van der Waals surface area contributed by atoms with Crippen molar-refractivity contribution in [2.75, 3.05) is 21.3 Å². The first-order valence-corrected chi connectivity index (χ1v) is 7.50. The fraction of sp³-hybridized carbons (Fsp3) is 0.176. The Balaban J connectivity index is 2.19. The summed E-state index contributed by atoms with van der Waals surface area (Å²) >= 11 is 5.82. The van der Waals surface area contributed by atoms with Crippen molar-refractivity contribution in [1.29, 1.82) is 0 Å². The monoisotopic (exact) mass is 364 g/mol. The van der Waals surface area contributed by atoms with Crippen LogP contribution in [0.2, 0.25) is 5.02 Å². The minimum Gasteiger partial charge on any atom is -0.507 e. The molecule has 0 atom stereocenters. The lowest BCUT2D eigenvalue weighted by Gasteiger charge is -2.12. The van der Waals surface area contributed by atoms with Crippen molar-refractivity contribution in [3.8, 4) is 23.0 Å². The van der Waals surface area contributed by atoms with E-state index in [1.54, 1.807) is 12.1 Å². The van der Waals surface area contributed by atoms with Crippen LogP contribution >= 0.6 is 11.6 Å². The van der Waals surface area contributed by atoms with Gasteiger partial charge in [0.05, 0.1) is 33.1 Å². The van der Waals surface area contributed by atoms with E-state index in [1.807, 2.05) is 0 Å². The number of carbonyl (C=O) groups excluding carboxylic acids is 1. The third-order valence-electron chi connectivity index (χ3n) is 3.27. The number of ether oxygens (including phenoxy) is 3. The van der Waals surface area contributed by atoms with Crippen LogP contribution in [-0.4, -0.2) is 38.6 Å². The normalized spacial score (nSPS) is 10.6. The topological polar surface area (TPSA) is 89.4 Å². The van der Waals surface area contributed by atoms with Gasteiger partial charge in [0.25, 0.3) is 5.91 Å². The largest absolute Gasteiger partial charge is 0.507 e. The number of nitrogens with one attached hydrogen (secondary N) is 1. The Morgan fingerprint density at radius 3 is 2.32 bits per heavy atom. The predicted molar refractivity (Wildman–Crippen MR) is 94.3 cm³/mol. The number of rotatable bonds is 6. The number of methoxy groups -OCH3 is 3. The fourth-order valence-electron chi connectivity index (χ4n) is 2.09. The van der Waals surface area contributed by atoms with Crippen molar-refractivity contribution in [2.24, 2.45) is 5.10 Å². The van der Waals surface area contributed by atoms with Gasteiger partial charge in [-0.3, -0.25) is 4.79 Å². The zero-order valence-corrected chi connectivity index (χ0v) is 14.6. The molecular formula is C17H17ClN2O5. The molecule has 0 aliphatic carbocycles. The maximum absolute atomic E-state index is 12.0. The number of aromatic hydroxyl groups is 1. The molecular weight excluding hydrogens is 348 g/mol. The van der Waals surface area contributed by atoms with Gasteiger partial charge < -0.3 is 19.3 Å². The summed E-state index contributed by atoms with van der Waals surface area (Å²) in [6.07, 6.45) is 1.41. The second kappa shape index (κ2) is 8.25. The first kappa shape index (κ1) is 18.4. The molecule has 2 aromatic carbocycles. The zero-order valence-electron chi connectivity index (χ0n) is 13.9. The Kier molecular flexibility index (Phi) is 6.08. The summed E-state index contributed by atoms with van der Waals surface area (Å²) in [5, 5.41) is 13.9. The molecule has 25 heavy (non-hydrogen) atoms. The maximum Gasteiger partial charge on any atom is 0.275 e. The van der Waals surface area contributed by atoms with Crippen LogP contribution in [-0.2, 0) is 0 Å². The van der Waals surface area contributed by atoms with Crippen LogP contribution < -0.4 is 19.6 Å². The molecule has 0 aliphatic rings. The van der Waals surface area contributed by atoms with Gasteiger partial charge in [0, 0.05) is 10.6 Å². The first-order chi connectivity index (χ1) is 12.0. The molecule has 2 aromatic rings. The second-order valence-electron chi connectivity index (χ2n) is 4.82. The third kappa shape index (κ3) is 4.33. The molecule has 8 heteroatoms. The first-order valence-electron chi connectivity index (χ1n) is 7.12. The van der Waals surface area contributed by atoms with Crippen LogP contribution in [0, 0.1) is 0 Å². The Bertz CT molecular complexity index is 783. The lowest BCUT2D eigenvalue weighted by atomic mass is 10.2. The average molecular weight is 365 g/mol. The summed E-state index contributed by atoms with van der Waals surface area (Å²) in [6, 6.07) is 7.51. The molecule has 0 aliphatic heterocycles. The predicted octanol–water partition coefficient (Wildman–Crippen LogP) is 2.84. The third-order valence-corrected chi connectivity index (χ3v) is 3.51. The summed E-state index contributed by atoms with van der Waals surface area (Å²) in [5.41, 5.74) is 2.96. The number of hydrogen-bond acceptors (Lipinski definition) is 6. The summed E-state index contributed by atoms with van der Waals surface area (Å²) in [4.78, 5) is 12.0. The van der Waals surface area contributed by atoms with E-state index < -0.39 is 5.91 Å². The zero-order chi connectivity index (χ0) is 18.4. The molecule has 0 aromatic heterocycles. The van der Waals surface area contributed by atoms with Crippen molar-refractivity contribution in [2.45, 2.75) is 0 Å². The van der Waals surface area contributed by atoms with Gasteiger partial charge in [-0.2, -0.15) is 5.10 Å². The van der Waals surface area contributed by atoms with Crippen molar-refractivity contribution in [3.05, 3.63) is 46.5 Å². The van der Waals surface area contributed by atoms with Crippen molar-refractivity contribution in [3.63, 3.8) is 0 Å². The number of amides is 1. The summed E-state index contributed by atoms with van der Waals surface area (Å²) in [7, 11) is 4.51. The molecule has 0 bridgehead atoms. The van der Waals surface area contributed by atoms with Crippen molar-refractivity contribution in [1.82, 2.24) is 5.43 Å². The van der Waals surface area contributed by atoms with E-state index in [-0.39, 0.29) is 11.3 Å². The number of benzene rings is 2. The van der Waals surface area contributed by atoms with E-state index in [1.165, 1.54) is 45.7 Å². The van der Waals surface area contributed by atoms with E-state index in [4.69, 9.17) is 25.8 Å². The van der Waals surface area contributed by atoms with Gasteiger partial charge in [-0.25, -0.2) is 5.43 Å². The van der Waals surface area contributed by atoms with Crippen LogP contribution in [0.3, 0.4) is 0 Å². The molecule has 0 heterocycles. The summed E-state index contributed by atoms with van der Waals surface area (Å²) < 4.78 is 15.7. The van der Waals surface area contributed by atoms with E-state index in [0.717, 1.165) is 0 Å². The molecule has 2 rings (SSSR count). The Labute approximate surface area is 149 Å². The van der Waals surface area contributed by atoms with E-state index >= 15 is 0 Å². The molecule has 132 valence electrons. The number of hydrazone groups is 1. The van der Waals surface area contributed by atoms with E-state index in [9.17, 15) is 9.90 Å². The lowest BCUT2D eigenvalue weighted by Crippen LogP contribution is -2.17. The van der Waals surface area contributed by atoms with Crippen molar-refractivity contribution >= 4 is 23.7 Å². The minimum absolute atomic E-state index is 0.0227. The second-order valence-corrected chi connectivity index (χ2v) is 5.26. The Morgan fingerprint density at radius 2 is 1.76 bits per heavy atom. The summed E-state index contributed by atoms with van der Waals surface area (Å²) in [5.74, 6) is 0.591. The van der Waals surface area contributed by atoms with E-state index in [0.29, 0.717) is 27.8 Å². The highest BCUT2D eigenvalue weighted by Gasteiger charge is 2.13. The van der Waals surface area contributed by atoms with Gasteiger partial charge in [0.2, 0.25) is 5.75 Å². The number of nitrogens with zero attached hydrogens (tertiary/aromatic N) is 1. The van der Waals surface area contributed by atoms with Crippen molar-refractivity contribution < 1.29 is 24.1 Å². The number of phenolic OH excluding ortho intramolecular Hbond substituents is 1. The number of carbonyl (C=O) groups is 1. The molecule has 0 unspecified atom stereocenters. The molecule has 1 amide bonds. The quantitative estimate of drug-likeness (QED) is 0.607. The van der Waals surface area contributed by atoms with Gasteiger partial charge in [-0.1, -0.05) is 11.6 Å². The average Bonchev–Trinajstić information content (AvgIpc) is 2.62. The van der Waals surface area contributed by atoms with Gasteiger partial charge >= 0.3 is 0 Å². The van der Waals surface area contributed by atoms with Gasteiger partial charge in [-0.15, -0.1) is 0 Å². The van der Waals surface area contributed by atoms with Crippen LogP contribution in [0.25, 0.3) is 0 Å². The highest BCUT2D eigenvalue weighted by Crippen LogP contribution is 2.37. The molecule has 0 radical (unpaired) electrons. The molecule has 2 N–H and O–H groups in total. The van der Waals surface area contributed by atoms with Crippen LogP contribution in [0.15, 0.2) is 35.4 Å². The number of phenols is 1. The maximum atomic E-state index is 12.0. The summed E-state index contributed by atoms with van der Waals surface area (Å²) in [6.45, 7) is 0. The smallest absolute Gasteiger partial charge is 0.275 e. The lowest BCUT2D eigenvalue weighted by molar-refractivity contribution is 0.0952. The van der Waals surface area contributed by atoms with Gasteiger partial charge in [0.15, 0.2) is 11.5 Å². The van der Waals surface area contributed by atoms with Gasteiger partial charge in [0.1, 0.15) is 5.75 Å². The van der Waals surface area contributed by atoms with Gasteiger partial charge in [-0.05, 0) is 30.3 Å². The molecule has 0 saturated heterocycles. The Morgan fingerprint density at radius 1 is 1.12 bits per heavy atom. The molecule has 0 spiro atoms. The SMILES string of the molecule is COc1cc(/C=N/NC(=O)c2cc(Cl)ccc2O)cc(OC)c1OC. The Hall–Kier alpha value is -2.93. The van der Waals surface area contributed by atoms with Crippen LogP contribution in [0.1, 0.15) is 15.9 Å². The fourth-order valence-corrected chi connectivity index (χ4v) is 2.26. The highest BCUT2D eigenvalue weighted by molar-refractivity contribution is 6.31. The standard InChI is InChI=1S/C17H17ClN2O5/c1-23-14-6-10(7-15(24-2)16(14)25-3)9-19-20-17(22)12-8-11(18)4-5-13(12)21/h4-9,21H,1-3H3,(H,20,22)/b19-9+. The molecule has 0 saturated carbocycles. The molecule has 7 nitrogen and oxygen atoms in total.